The number of hydrogen-bond donors (Lipinski definition) is 1. The van der Waals surface area contributed by atoms with Gasteiger partial charge in [-0.1, -0.05) is 91.0 Å². The van der Waals surface area contributed by atoms with Gasteiger partial charge in [0, 0.05) is 33.0 Å². The highest BCUT2D eigenvalue weighted by Crippen LogP contribution is 2.42. The maximum atomic E-state index is 5.24. The molecule has 9 rings (SSSR count). The zero-order valence-electron chi connectivity index (χ0n) is 23.3. The molecule has 200 valence electrons. The van der Waals surface area contributed by atoms with Crippen LogP contribution in [0.5, 0.6) is 0 Å². The monoisotopic (exact) mass is 547 g/mol. The van der Waals surface area contributed by atoms with Gasteiger partial charge in [-0.05, 0) is 76.9 Å². The zero-order chi connectivity index (χ0) is 28.3. The molecule has 43 heavy (non-hydrogen) atoms. The Hall–Kier alpha value is -5.80. The molecule has 3 heteroatoms. The Labute approximate surface area is 249 Å². The number of rotatable bonds is 2. The summed E-state index contributed by atoms with van der Waals surface area (Å²) >= 11 is 0. The SMILES string of the molecule is c1ccc(-c2cc3c4[nH]c5c(cc(-c6ccccc6)cc5c4c2)-c2cccc(n2)-c2cccc(c2)-c2cccc-3n2)cc1. The third-order valence-electron chi connectivity index (χ3n) is 8.54. The number of hydrogen-bond acceptors (Lipinski definition) is 2. The van der Waals surface area contributed by atoms with E-state index in [0.717, 1.165) is 67.2 Å². The van der Waals surface area contributed by atoms with Crippen molar-refractivity contribution in [2.75, 3.05) is 0 Å². The fourth-order valence-electron chi connectivity index (χ4n) is 6.43. The molecular formula is C40H25N3. The van der Waals surface area contributed by atoms with Crippen molar-refractivity contribution in [1.82, 2.24) is 15.0 Å². The van der Waals surface area contributed by atoms with Gasteiger partial charge in [0.1, 0.15) is 0 Å². The van der Waals surface area contributed by atoms with Crippen molar-refractivity contribution in [1.29, 1.82) is 0 Å². The Morgan fingerprint density at radius 2 is 0.744 bits per heavy atom. The van der Waals surface area contributed by atoms with E-state index in [2.05, 4.69) is 151 Å². The Morgan fingerprint density at radius 1 is 0.326 bits per heavy atom. The molecule has 0 aliphatic carbocycles. The Morgan fingerprint density at radius 3 is 1.23 bits per heavy atom. The predicted molar refractivity (Wildman–Crippen MR) is 178 cm³/mol. The first-order valence-corrected chi connectivity index (χ1v) is 14.6. The van der Waals surface area contributed by atoms with Gasteiger partial charge in [0.05, 0.1) is 33.8 Å². The van der Waals surface area contributed by atoms with Crippen LogP contribution in [0.15, 0.2) is 146 Å². The summed E-state index contributed by atoms with van der Waals surface area (Å²) in [7, 11) is 0. The molecule has 0 saturated carbocycles. The van der Waals surface area contributed by atoms with Gasteiger partial charge in [-0.25, -0.2) is 9.97 Å². The predicted octanol–water partition coefficient (Wildman–Crippen LogP) is 10.4. The number of aromatic amines is 1. The first kappa shape index (κ1) is 23.9. The molecule has 8 bridgehead atoms. The van der Waals surface area contributed by atoms with Crippen molar-refractivity contribution in [3.63, 3.8) is 0 Å². The lowest BCUT2D eigenvalue weighted by Gasteiger charge is -2.11. The molecule has 0 unspecified atom stereocenters. The molecule has 0 atom stereocenters. The van der Waals surface area contributed by atoms with E-state index in [1.54, 1.807) is 0 Å². The minimum Gasteiger partial charge on any atom is -0.353 e. The van der Waals surface area contributed by atoms with Gasteiger partial charge in [-0.15, -0.1) is 0 Å². The lowest BCUT2D eigenvalue weighted by Crippen LogP contribution is -1.93. The van der Waals surface area contributed by atoms with E-state index in [0.29, 0.717) is 0 Å². The molecule has 1 aliphatic rings. The fraction of sp³-hybridized carbons (Fsp3) is 0. The molecule has 0 spiro atoms. The van der Waals surface area contributed by atoms with E-state index >= 15 is 0 Å². The zero-order valence-corrected chi connectivity index (χ0v) is 23.3. The topological polar surface area (TPSA) is 41.6 Å². The van der Waals surface area contributed by atoms with E-state index < -0.39 is 0 Å². The number of H-pyrrole nitrogens is 1. The summed E-state index contributed by atoms with van der Waals surface area (Å²) in [6, 6.07) is 51.6. The second-order valence-electron chi connectivity index (χ2n) is 11.1. The molecule has 3 aromatic heterocycles. The van der Waals surface area contributed by atoms with Gasteiger partial charge in [0.2, 0.25) is 0 Å². The molecule has 0 radical (unpaired) electrons. The molecule has 3 nitrogen and oxygen atoms in total. The van der Waals surface area contributed by atoms with E-state index in [1.807, 2.05) is 0 Å². The van der Waals surface area contributed by atoms with Crippen molar-refractivity contribution in [3.05, 3.63) is 146 Å². The number of fused-ring (bicyclic) bond motifs is 11. The van der Waals surface area contributed by atoms with E-state index in [9.17, 15) is 0 Å². The van der Waals surface area contributed by atoms with Crippen molar-refractivity contribution in [3.8, 4) is 67.3 Å². The minimum atomic E-state index is 0.939. The second-order valence-corrected chi connectivity index (χ2v) is 11.1. The van der Waals surface area contributed by atoms with Crippen molar-refractivity contribution < 1.29 is 0 Å². The highest BCUT2D eigenvalue weighted by Gasteiger charge is 2.19. The van der Waals surface area contributed by atoms with Gasteiger partial charge in [-0.3, -0.25) is 0 Å². The largest absolute Gasteiger partial charge is 0.353 e. The molecule has 1 N–H and O–H groups in total. The van der Waals surface area contributed by atoms with E-state index in [-0.39, 0.29) is 0 Å². The van der Waals surface area contributed by atoms with Gasteiger partial charge < -0.3 is 4.98 Å². The first-order valence-electron chi connectivity index (χ1n) is 14.6. The molecule has 5 aromatic carbocycles. The highest BCUT2D eigenvalue weighted by atomic mass is 14.8. The quantitative estimate of drug-likeness (QED) is 0.234. The van der Waals surface area contributed by atoms with Gasteiger partial charge in [0.15, 0.2) is 0 Å². The Kier molecular flexibility index (Phi) is 5.20. The standard InChI is InChI=1S/C40H25N3/c1-3-10-25(11-4-1)29-21-31-32-22-30(26-12-5-2-6-13-26)24-34-38-19-9-17-36(42-38)28-15-7-14-27(20-28)35-16-8-18-37(41-35)33(23-29)39(31)43-40(32)34/h1-24,43H. The fourth-order valence-corrected chi connectivity index (χ4v) is 6.43. The molecule has 0 saturated heterocycles. The minimum absolute atomic E-state index is 0.939. The summed E-state index contributed by atoms with van der Waals surface area (Å²) < 4.78 is 0. The second kappa shape index (κ2) is 9.37. The number of aromatic nitrogens is 3. The smallest absolute Gasteiger partial charge is 0.0730 e. The molecule has 8 aromatic rings. The van der Waals surface area contributed by atoms with Crippen LogP contribution in [0.4, 0.5) is 0 Å². The molecule has 1 aliphatic heterocycles. The summed E-state index contributed by atoms with van der Waals surface area (Å²) in [5.74, 6) is 0. The lowest BCUT2D eigenvalue weighted by atomic mass is 9.95. The Bertz CT molecular complexity index is 2170. The van der Waals surface area contributed by atoms with E-state index in [4.69, 9.17) is 9.97 Å². The summed E-state index contributed by atoms with van der Waals surface area (Å²) in [6.07, 6.45) is 0. The number of nitrogens with one attached hydrogen (secondary N) is 1. The van der Waals surface area contributed by atoms with Crippen LogP contribution in [0.3, 0.4) is 0 Å². The van der Waals surface area contributed by atoms with Crippen LogP contribution in [0.2, 0.25) is 0 Å². The Balaban J connectivity index is 1.47. The maximum Gasteiger partial charge on any atom is 0.0730 e. The van der Waals surface area contributed by atoms with Crippen molar-refractivity contribution in [2.45, 2.75) is 0 Å². The van der Waals surface area contributed by atoms with Crippen molar-refractivity contribution in [2.24, 2.45) is 0 Å². The highest BCUT2D eigenvalue weighted by molar-refractivity contribution is 6.17. The van der Waals surface area contributed by atoms with Crippen LogP contribution in [-0.4, -0.2) is 15.0 Å². The van der Waals surface area contributed by atoms with Crippen LogP contribution >= 0.6 is 0 Å². The summed E-state index contributed by atoms with van der Waals surface area (Å²) in [4.78, 5) is 14.4. The summed E-state index contributed by atoms with van der Waals surface area (Å²) in [5.41, 5.74) is 14.9. The molecule has 4 heterocycles. The third-order valence-corrected chi connectivity index (χ3v) is 8.54. The van der Waals surface area contributed by atoms with Crippen LogP contribution in [0, 0.1) is 0 Å². The lowest BCUT2D eigenvalue weighted by molar-refractivity contribution is 1.31. The number of benzene rings is 5. The normalized spacial score (nSPS) is 11.7. The van der Waals surface area contributed by atoms with Gasteiger partial charge >= 0.3 is 0 Å². The average molecular weight is 548 g/mol. The third kappa shape index (κ3) is 3.90. The molecule has 0 amide bonds. The van der Waals surface area contributed by atoms with Crippen LogP contribution < -0.4 is 0 Å². The number of nitrogens with zero attached hydrogens (tertiary/aromatic N) is 2. The van der Waals surface area contributed by atoms with Crippen LogP contribution in [0.25, 0.3) is 89.1 Å². The number of pyridine rings is 2. The van der Waals surface area contributed by atoms with Gasteiger partial charge in [-0.2, -0.15) is 0 Å². The van der Waals surface area contributed by atoms with Crippen LogP contribution in [-0.2, 0) is 0 Å². The van der Waals surface area contributed by atoms with Gasteiger partial charge in [0.25, 0.3) is 0 Å². The summed E-state index contributed by atoms with van der Waals surface area (Å²) in [5, 5.41) is 2.34. The molecular weight excluding hydrogens is 522 g/mol. The van der Waals surface area contributed by atoms with Crippen LogP contribution in [0.1, 0.15) is 0 Å². The molecule has 0 fully saturated rings. The van der Waals surface area contributed by atoms with Crippen molar-refractivity contribution >= 4 is 21.8 Å². The summed E-state index contributed by atoms with van der Waals surface area (Å²) in [6.45, 7) is 0. The van der Waals surface area contributed by atoms with E-state index in [1.165, 1.54) is 21.9 Å². The average Bonchev–Trinajstić information content (AvgIpc) is 3.47. The maximum absolute atomic E-state index is 5.24. The first-order chi connectivity index (χ1) is 21.3.